The first-order valence-electron chi connectivity index (χ1n) is 35.8. The van der Waals surface area contributed by atoms with Crippen LogP contribution in [0.25, 0.3) is 0 Å². The quantitative estimate of drug-likeness (QED) is 0.0333. The number of nitrogens with one attached hydrogen (secondary N) is 14. The molecule has 596 valence electrons. The van der Waals surface area contributed by atoms with Crippen LogP contribution in [-0.2, 0) is 89.6 Å². The summed E-state index contributed by atoms with van der Waals surface area (Å²) in [6.07, 6.45) is -0.544. The lowest BCUT2D eigenvalue weighted by Gasteiger charge is -2.30. The molecule has 4 heterocycles. The molecule has 27 N–H and O–H groups in total. The highest BCUT2D eigenvalue weighted by molar-refractivity contribution is 6.01. The van der Waals surface area contributed by atoms with E-state index in [1.54, 1.807) is 13.8 Å². The van der Waals surface area contributed by atoms with Crippen molar-refractivity contribution in [2.75, 3.05) is 39.3 Å². The number of phenols is 1. The Labute approximate surface area is 622 Å². The van der Waals surface area contributed by atoms with Crippen LogP contribution in [0.2, 0.25) is 0 Å². The number of benzene rings is 1. The van der Waals surface area contributed by atoms with Gasteiger partial charge in [-0.15, -0.1) is 0 Å². The van der Waals surface area contributed by atoms with Crippen LogP contribution in [0, 0.1) is 5.92 Å². The Morgan fingerprint density at radius 3 is 1.84 bits per heavy atom. The topological polar surface area (TPSA) is 665 Å². The number of carboxylic acids is 1. The van der Waals surface area contributed by atoms with Gasteiger partial charge in [0.1, 0.15) is 78.3 Å². The van der Waals surface area contributed by atoms with E-state index in [-0.39, 0.29) is 107 Å². The predicted molar refractivity (Wildman–Crippen MR) is 383 cm³/mol. The third-order valence-corrected chi connectivity index (χ3v) is 17.9. The van der Waals surface area contributed by atoms with E-state index >= 15 is 4.79 Å². The number of H-pyrrole nitrogens is 1. The van der Waals surface area contributed by atoms with Crippen LogP contribution in [0.15, 0.2) is 41.8 Å². The Bertz CT molecular complexity index is 3500. The number of carbonyl (C=O) groups is 16. The van der Waals surface area contributed by atoms with Crippen molar-refractivity contribution in [1.29, 1.82) is 0 Å². The molecule has 0 radical (unpaired) electrons. The van der Waals surface area contributed by atoms with Crippen LogP contribution >= 0.6 is 0 Å². The van der Waals surface area contributed by atoms with Gasteiger partial charge in [-0.25, -0.2) is 9.78 Å². The number of primary amides is 1. The summed E-state index contributed by atoms with van der Waals surface area (Å²) in [5.41, 5.74) is 29.4. The summed E-state index contributed by atoms with van der Waals surface area (Å²) in [6, 6.07) is -15.4. The van der Waals surface area contributed by atoms with Gasteiger partial charge < -0.3 is 123 Å². The summed E-state index contributed by atoms with van der Waals surface area (Å²) in [4.78, 5) is 237. The van der Waals surface area contributed by atoms with Crippen LogP contribution in [0.3, 0.4) is 0 Å². The molecule has 0 bridgehead atoms. The molecule has 5 rings (SSSR count). The Kier molecular flexibility index (Phi) is 35.8. The van der Waals surface area contributed by atoms with Gasteiger partial charge in [0, 0.05) is 63.8 Å². The first kappa shape index (κ1) is 87.5. The predicted octanol–water partition coefficient (Wildman–Crippen LogP) is -8.26. The van der Waals surface area contributed by atoms with Gasteiger partial charge >= 0.3 is 5.97 Å². The number of imidazole rings is 1. The van der Waals surface area contributed by atoms with E-state index < -0.39 is 225 Å². The zero-order chi connectivity index (χ0) is 79.7. The molecule has 0 aliphatic carbocycles. The van der Waals surface area contributed by atoms with E-state index in [1.165, 1.54) is 48.6 Å². The molecule has 1 aromatic carbocycles. The number of aliphatic hydroxyl groups excluding tert-OH is 1. The molecule has 1 aromatic heterocycles. The zero-order valence-corrected chi connectivity index (χ0v) is 60.6. The molecule has 0 unspecified atom stereocenters. The van der Waals surface area contributed by atoms with E-state index in [4.69, 9.17) is 28.7 Å². The van der Waals surface area contributed by atoms with Gasteiger partial charge in [-0.1, -0.05) is 26.0 Å². The average Bonchev–Trinajstić information content (AvgIpc) is 1.62. The number of aliphatic imine (C=N–C) groups is 1. The minimum atomic E-state index is -1.96. The Morgan fingerprint density at radius 2 is 1.20 bits per heavy atom. The van der Waals surface area contributed by atoms with Crippen molar-refractivity contribution < 1.29 is 92.0 Å². The first-order valence-corrected chi connectivity index (χ1v) is 35.8. The van der Waals surface area contributed by atoms with E-state index in [9.17, 15) is 87.2 Å². The Balaban J connectivity index is 1.56. The number of aliphatic carboxylic acids is 1. The molecule has 0 saturated carbocycles. The number of guanidine groups is 1. The molecule has 0 spiro atoms. The average molecular weight is 1520 g/mol. The molecule has 41 heteroatoms. The lowest BCUT2D eigenvalue weighted by atomic mass is 10.00. The number of nitrogens with two attached hydrogens (primary N) is 5. The highest BCUT2D eigenvalue weighted by Crippen LogP contribution is 2.22. The maximum absolute atomic E-state index is 15.1. The third-order valence-electron chi connectivity index (χ3n) is 17.9. The smallest absolute Gasteiger partial charge is 0.326 e. The summed E-state index contributed by atoms with van der Waals surface area (Å²) in [6.45, 7) is 2.88. The number of aromatic hydroxyl groups is 1. The fourth-order valence-corrected chi connectivity index (χ4v) is 11.9. The molecular formula is C67H104N22O19. The number of amides is 15. The van der Waals surface area contributed by atoms with Gasteiger partial charge in [0.15, 0.2) is 5.96 Å². The number of rotatable bonds is 20. The molecule has 108 heavy (non-hydrogen) atoms. The number of phenolic OH excluding ortho intramolecular Hbond substituents is 1. The van der Waals surface area contributed by atoms with Crippen LogP contribution in [0.4, 0.5) is 0 Å². The second-order valence-electron chi connectivity index (χ2n) is 27.1. The standard InChI is InChI=1S/C67H104N22O19/c1-34(2)26-44-58(99)84-45(27-36-14-16-38(91)17-15-36)59(100)82-43(66(107)108)19-21-52(93)74-23-7-5-10-40(56(97)86-47(29-51(70)92)61(102)83-44)80-62(103)48-31-76-53(94)20-18-39(69)55(96)88-49(32-90)63(104)81-42(11-4-6-22-68)65(106)89-25-9-13-50(89)64(105)78-35(3)54(95)79-41(12-8-24-75-67(71)72)57(98)85-46(60(101)87-48)28-37-30-73-33-77-37/h14-17,30,33-35,39-50,90-91H,4-13,18-29,31-32,68-69H2,1-3H3,(H2,70,92)(H,73,77)(H,74,93)(H,76,94)(H,78,105)(H,79,95)(H,80,103)(H,81,104)(H,82,100)(H,83,102)(H,84,99)(H,85,98)(H,86,97)(H,87,101)(H,88,96)(H,107,108)(H4,71,72,75)/t35-,39+,40+,41+,42+,43+,44+,45+,46+,47+,48+,49+,50+/m1/s1. The molecule has 15 amide bonds. The van der Waals surface area contributed by atoms with Crippen LogP contribution in [0.5, 0.6) is 5.75 Å². The molecule has 41 nitrogen and oxygen atoms in total. The number of aliphatic hydroxyl groups is 1. The van der Waals surface area contributed by atoms with Crippen molar-refractivity contribution in [2.24, 2.45) is 39.6 Å². The number of aromatic amines is 1. The number of nitrogens with zero attached hydrogens (tertiary/aromatic N) is 3. The van der Waals surface area contributed by atoms with Gasteiger partial charge in [-0.3, -0.25) is 76.9 Å². The van der Waals surface area contributed by atoms with Crippen molar-refractivity contribution >= 4 is 101 Å². The normalized spacial score (nSPS) is 26.2. The number of carbonyl (C=O) groups excluding carboxylic acids is 15. The number of fused-ring (bicyclic) bond motifs is 1. The number of aromatic nitrogens is 2. The van der Waals surface area contributed by atoms with Crippen molar-refractivity contribution in [3.8, 4) is 5.75 Å². The third kappa shape index (κ3) is 29.3. The van der Waals surface area contributed by atoms with Gasteiger partial charge in [0.25, 0.3) is 0 Å². The SMILES string of the molecule is CC(C)C[C@@H]1NC(=O)[C@H](CC(N)=O)NC(=O)[C@@H](NC(=O)[C@@H]2CNC(=O)CC[C@H](N)C(=O)N[C@@H](CO)C(=O)N[C@@H](CCCCN)C(=O)N3CCC[C@H]3C(=O)N[C@H](C)C(=O)N[C@@H](CCCN=C(N)N)C(=O)N[C@@H](Cc3cnc[nH]3)C(=O)N2)CCCCNC(=O)CC[C@@H](C(=O)O)NC(=O)[C@H](Cc2ccc(O)cc2)NC1=O. The van der Waals surface area contributed by atoms with E-state index in [1.807, 2.05) is 0 Å². The fraction of sp³-hybridized carbons (Fsp3) is 0.612. The number of hydrogen-bond donors (Lipinski definition) is 22. The monoisotopic (exact) mass is 1520 g/mol. The number of unbranched alkanes of at least 4 members (excludes halogenated alkanes) is 1. The summed E-state index contributed by atoms with van der Waals surface area (Å²) >= 11 is 0. The summed E-state index contributed by atoms with van der Waals surface area (Å²) < 4.78 is 0. The lowest BCUT2D eigenvalue weighted by molar-refractivity contribution is -0.143. The van der Waals surface area contributed by atoms with E-state index in [0.29, 0.717) is 24.8 Å². The molecule has 2 aromatic rings. The van der Waals surface area contributed by atoms with E-state index in [0.717, 1.165) is 0 Å². The number of hydrogen-bond acceptors (Lipinski definition) is 22. The molecule has 13 atom stereocenters. The summed E-state index contributed by atoms with van der Waals surface area (Å²) in [5, 5.41) is 63.1. The fourth-order valence-electron chi connectivity index (χ4n) is 11.9. The van der Waals surface area contributed by atoms with Crippen LogP contribution in [0.1, 0.15) is 135 Å². The summed E-state index contributed by atoms with van der Waals surface area (Å²) in [7, 11) is 0. The van der Waals surface area contributed by atoms with Crippen LogP contribution < -0.4 is 97.8 Å². The van der Waals surface area contributed by atoms with Gasteiger partial charge in [-0.2, -0.15) is 0 Å². The molecular weight excluding hydrogens is 1420 g/mol. The minimum absolute atomic E-state index is 0.00384. The minimum Gasteiger partial charge on any atom is -0.508 e. The Hall–Kier alpha value is -11.1. The maximum Gasteiger partial charge on any atom is 0.326 e. The van der Waals surface area contributed by atoms with Gasteiger partial charge in [-0.05, 0) is 121 Å². The second-order valence-corrected chi connectivity index (χ2v) is 27.1. The molecule has 3 aliphatic rings. The van der Waals surface area contributed by atoms with Crippen LogP contribution in [-0.4, -0.2) is 249 Å². The zero-order valence-electron chi connectivity index (χ0n) is 60.6. The molecule has 3 saturated heterocycles. The largest absolute Gasteiger partial charge is 0.508 e. The van der Waals surface area contributed by atoms with Crippen molar-refractivity contribution in [1.82, 2.24) is 84.0 Å². The van der Waals surface area contributed by atoms with Crippen molar-refractivity contribution in [3.05, 3.63) is 48.0 Å². The molecule has 3 fully saturated rings. The lowest BCUT2D eigenvalue weighted by Crippen LogP contribution is -2.62. The summed E-state index contributed by atoms with van der Waals surface area (Å²) in [5.74, 6) is -17.3. The van der Waals surface area contributed by atoms with Crippen molar-refractivity contribution in [3.63, 3.8) is 0 Å². The van der Waals surface area contributed by atoms with E-state index in [2.05, 4.69) is 84.1 Å². The molecule has 3 aliphatic heterocycles. The second kappa shape index (κ2) is 44.1. The maximum atomic E-state index is 15.1. The van der Waals surface area contributed by atoms with Crippen molar-refractivity contribution in [2.45, 2.75) is 215 Å². The first-order chi connectivity index (χ1) is 51.3. The highest BCUT2D eigenvalue weighted by Gasteiger charge is 2.41. The van der Waals surface area contributed by atoms with Gasteiger partial charge in [0.05, 0.1) is 25.4 Å². The Morgan fingerprint density at radius 1 is 0.620 bits per heavy atom. The highest BCUT2D eigenvalue weighted by atomic mass is 16.4. The van der Waals surface area contributed by atoms with Gasteiger partial charge in [0.2, 0.25) is 88.6 Å². The number of carboxylic acid groups (broad SMARTS) is 1.